The number of methoxy groups -OCH3 is 1. The highest BCUT2D eigenvalue weighted by atomic mass is 16.5. The number of hydrogen-bond donors (Lipinski definition) is 1. The third kappa shape index (κ3) is 3.00. The molecule has 2 N–H and O–H groups in total. The minimum Gasteiger partial charge on any atom is -0.494 e. The first-order valence-corrected chi connectivity index (χ1v) is 9.74. The van der Waals surface area contributed by atoms with Gasteiger partial charge in [0.1, 0.15) is 11.3 Å². The van der Waals surface area contributed by atoms with Crippen molar-refractivity contribution in [1.82, 2.24) is 34.6 Å². The number of hydrogen-bond acceptors (Lipinski definition) is 8. The molecule has 0 spiro atoms. The van der Waals surface area contributed by atoms with Crippen LogP contribution in [-0.4, -0.2) is 54.8 Å². The van der Waals surface area contributed by atoms with E-state index >= 15 is 0 Å². The predicted molar refractivity (Wildman–Crippen MR) is 109 cm³/mol. The molecule has 1 aliphatic rings. The molecule has 0 bridgehead atoms. The summed E-state index contributed by atoms with van der Waals surface area (Å²) in [6.45, 7) is 1.75. The van der Waals surface area contributed by atoms with E-state index in [0.29, 0.717) is 22.9 Å². The van der Waals surface area contributed by atoms with E-state index in [9.17, 15) is 0 Å². The van der Waals surface area contributed by atoms with Gasteiger partial charge in [-0.25, -0.2) is 9.97 Å². The third-order valence-electron chi connectivity index (χ3n) is 5.48. The fraction of sp³-hybridized carbons (Fsp3) is 0.421. The molecule has 0 aliphatic carbocycles. The van der Waals surface area contributed by atoms with E-state index in [4.69, 9.17) is 20.6 Å². The van der Waals surface area contributed by atoms with Crippen LogP contribution in [0.2, 0.25) is 0 Å². The van der Waals surface area contributed by atoms with Crippen LogP contribution in [0.5, 0.6) is 5.75 Å². The molecule has 0 amide bonds. The van der Waals surface area contributed by atoms with Crippen LogP contribution in [0.4, 0.5) is 11.8 Å². The second-order valence-electron chi connectivity index (χ2n) is 7.42. The molecule has 4 aromatic rings. The fourth-order valence-corrected chi connectivity index (χ4v) is 4.02. The van der Waals surface area contributed by atoms with E-state index in [1.165, 1.54) is 0 Å². The first-order valence-electron chi connectivity index (χ1n) is 9.74. The normalized spacial score (nSPS) is 17.7. The molecule has 150 valence electrons. The van der Waals surface area contributed by atoms with Gasteiger partial charge in [-0.1, -0.05) is 17.7 Å². The summed E-state index contributed by atoms with van der Waals surface area (Å²) in [6, 6.07) is 5.76. The number of nitrogens with two attached hydrogens (primary N) is 1. The van der Waals surface area contributed by atoms with Crippen LogP contribution in [0.3, 0.4) is 0 Å². The molecule has 1 aromatic carbocycles. The number of benzene rings is 1. The molecule has 10 nitrogen and oxygen atoms in total. The van der Waals surface area contributed by atoms with Gasteiger partial charge in [-0.05, 0) is 25.0 Å². The molecule has 0 radical (unpaired) electrons. The Balaban J connectivity index is 1.57. The van der Waals surface area contributed by atoms with Crippen LogP contribution in [0.1, 0.15) is 31.0 Å². The smallest absolute Gasteiger partial charge is 0.223 e. The average Bonchev–Trinajstić information content (AvgIpc) is 3.29. The van der Waals surface area contributed by atoms with Crippen LogP contribution in [0.15, 0.2) is 24.4 Å². The number of ether oxygens (including phenoxy) is 1. The monoisotopic (exact) mass is 393 g/mol. The van der Waals surface area contributed by atoms with Crippen molar-refractivity contribution in [3.05, 3.63) is 30.2 Å². The molecule has 1 atom stereocenters. The second kappa shape index (κ2) is 6.87. The summed E-state index contributed by atoms with van der Waals surface area (Å²) < 4.78 is 8.80. The number of nitrogens with zero attached hydrogens (tertiary/aromatic N) is 8. The zero-order chi connectivity index (χ0) is 20.0. The van der Waals surface area contributed by atoms with Crippen molar-refractivity contribution in [1.29, 1.82) is 0 Å². The topological polar surface area (TPSA) is 112 Å². The van der Waals surface area contributed by atoms with E-state index in [1.54, 1.807) is 16.3 Å². The van der Waals surface area contributed by atoms with Crippen LogP contribution >= 0.6 is 0 Å². The molecule has 3 aromatic heterocycles. The van der Waals surface area contributed by atoms with Gasteiger partial charge in [-0.2, -0.15) is 4.52 Å². The van der Waals surface area contributed by atoms with Gasteiger partial charge < -0.3 is 15.4 Å². The van der Waals surface area contributed by atoms with Gasteiger partial charge in [0.15, 0.2) is 17.3 Å². The molecule has 5 rings (SSSR count). The zero-order valence-corrected chi connectivity index (χ0v) is 16.5. The molecular formula is C19H23N9O. The van der Waals surface area contributed by atoms with Gasteiger partial charge in [0.25, 0.3) is 0 Å². The Kier molecular flexibility index (Phi) is 4.18. The molecule has 1 fully saturated rings. The quantitative estimate of drug-likeness (QED) is 0.560. The van der Waals surface area contributed by atoms with Crippen molar-refractivity contribution in [2.24, 2.45) is 7.05 Å². The van der Waals surface area contributed by atoms with Gasteiger partial charge in [0.2, 0.25) is 5.95 Å². The molecule has 1 aliphatic heterocycles. The highest BCUT2D eigenvalue weighted by Crippen LogP contribution is 2.31. The molecule has 1 unspecified atom stereocenters. The summed E-state index contributed by atoms with van der Waals surface area (Å²) in [6.07, 6.45) is 5.17. The third-order valence-corrected chi connectivity index (χ3v) is 5.48. The van der Waals surface area contributed by atoms with Gasteiger partial charge in [0, 0.05) is 31.4 Å². The molecule has 1 saturated heterocycles. The van der Waals surface area contributed by atoms with Gasteiger partial charge in [0.05, 0.1) is 13.3 Å². The van der Waals surface area contributed by atoms with Crippen molar-refractivity contribution >= 4 is 28.3 Å². The predicted octanol–water partition coefficient (Wildman–Crippen LogP) is 1.77. The van der Waals surface area contributed by atoms with Gasteiger partial charge in [-0.3, -0.25) is 4.68 Å². The van der Waals surface area contributed by atoms with E-state index < -0.39 is 0 Å². The number of anilines is 2. The number of nitrogen functional groups attached to an aromatic ring is 1. The summed E-state index contributed by atoms with van der Waals surface area (Å²) in [4.78, 5) is 11.6. The lowest BCUT2D eigenvalue weighted by atomic mass is 10.0. The minimum absolute atomic E-state index is 0.180. The van der Waals surface area contributed by atoms with Crippen molar-refractivity contribution in [3.8, 4) is 5.75 Å². The summed E-state index contributed by atoms with van der Waals surface area (Å²) in [5.41, 5.74) is 7.60. The molecule has 0 saturated carbocycles. The number of fused-ring (bicyclic) bond motifs is 3. The largest absolute Gasteiger partial charge is 0.494 e. The Hall–Kier alpha value is -3.43. The number of para-hydroxylation sites is 1. The Morgan fingerprint density at radius 2 is 2.10 bits per heavy atom. The fourth-order valence-electron chi connectivity index (χ4n) is 4.02. The van der Waals surface area contributed by atoms with E-state index in [0.717, 1.165) is 49.4 Å². The highest BCUT2D eigenvalue weighted by molar-refractivity contribution is 5.95. The standard InChI is InChI=1S/C19H23N9O/c1-26-11-15(23-25-26)27-9-4-3-6-12(10-27)17-22-18-13-7-5-8-14(29-2)16(13)21-19(20)28(18)24-17/h5,7-8,11-12H,3-4,6,9-10H2,1-2H3,(H2,20,21). The maximum Gasteiger partial charge on any atom is 0.223 e. The molecule has 4 heterocycles. The number of aryl methyl sites for hydroxylation is 1. The Morgan fingerprint density at radius 1 is 1.21 bits per heavy atom. The molecular weight excluding hydrogens is 370 g/mol. The summed E-state index contributed by atoms with van der Waals surface area (Å²) in [7, 11) is 3.50. The lowest BCUT2D eigenvalue weighted by Crippen LogP contribution is -2.28. The Morgan fingerprint density at radius 3 is 2.90 bits per heavy atom. The first kappa shape index (κ1) is 17.7. The number of rotatable bonds is 3. The summed E-state index contributed by atoms with van der Waals surface area (Å²) in [5, 5.41) is 13.9. The molecule has 10 heteroatoms. The summed E-state index contributed by atoms with van der Waals surface area (Å²) >= 11 is 0. The van der Waals surface area contributed by atoms with E-state index in [2.05, 4.69) is 20.2 Å². The van der Waals surface area contributed by atoms with E-state index in [1.807, 2.05) is 31.4 Å². The molecule has 29 heavy (non-hydrogen) atoms. The van der Waals surface area contributed by atoms with Crippen LogP contribution < -0.4 is 15.4 Å². The van der Waals surface area contributed by atoms with Crippen LogP contribution in [-0.2, 0) is 7.05 Å². The van der Waals surface area contributed by atoms with Gasteiger partial charge >= 0.3 is 0 Å². The van der Waals surface area contributed by atoms with Gasteiger partial charge in [-0.15, -0.1) is 10.2 Å². The zero-order valence-electron chi connectivity index (χ0n) is 16.5. The maximum absolute atomic E-state index is 6.20. The van der Waals surface area contributed by atoms with Crippen LogP contribution in [0.25, 0.3) is 16.6 Å². The number of aromatic nitrogens is 7. The van der Waals surface area contributed by atoms with Crippen molar-refractivity contribution in [3.63, 3.8) is 0 Å². The van der Waals surface area contributed by atoms with Crippen molar-refractivity contribution < 1.29 is 4.74 Å². The lowest BCUT2D eigenvalue weighted by Gasteiger charge is -2.22. The Labute approximate surface area is 167 Å². The second-order valence-corrected chi connectivity index (χ2v) is 7.42. The SMILES string of the molecule is COc1cccc2c1nc(N)n1nc(C3CCCCN(c4cn(C)nn4)C3)nc21. The first-order chi connectivity index (χ1) is 14.1. The highest BCUT2D eigenvalue weighted by Gasteiger charge is 2.26. The van der Waals surface area contributed by atoms with Crippen LogP contribution in [0, 0.1) is 0 Å². The van der Waals surface area contributed by atoms with Crippen molar-refractivity contribution in [2.45, 2.75) is 25.2 Å². The van der Waals surface area contributed by atoms with Crippen molar-refractivity contribution in [2.75, 3.05) is 30.8 Å². The summed E-state index contributed by atoms with van der Waals surface area (Å²) in [5.74, 6) is 2.82. The lowest BCUT2D eigenvalue weighted by molar-refractivity contribution is 0.419. The average molecular weight is 393 g/mol. The van der Waals surface area contributed by atoms with E-state index in [-0.39, 0.29) is 5.92 Å². The minimum atomic E-state index is 0.180. The Bertz CT molecular complexity index is 1180. The maximum atomic E-state index is 6.20.